The molecule has 1 aromatic heterocycles. The van der Waals surface area contributed by atoms with Crippen LogP contribution in [0.15, 0.2) is 42.1 Å². The van der Waals surface area contributed by atoms with Crippen LogP contribution < -0.4 is 0 Å². The first-order valence-electron chi connectivity index (χ1n) is 8.33. The average molecular weight is 294 g/mol. The second kappa shape index (κ2) is 5.64. The Hall–Kier alpha value is -2.03. The zero-order valence-electron chi connectivity index (χ0n) is 12.8. The Morgan fingerprint density at radius 3 is 3.14 bits per heavy atom. The molecule has 2 aliphatic rings. The number of piperidine rings is 1. The summed E-state index contributed by atoms with van der Waals surface area (Å²) >= 11 is 0. The van der Waals surface area contributed by atoms with Crippen LogP contribution in [0.1, 0.15) is 31.2 Å². The number of likely N-dealkylation sites (tertiary alicyclic amines) is 1. The summed E-state index contributed by atoms with van der Waals surface area (Å²) in [5.41, 5.74) is 3.99. The van der Waals surface area contributed by atoms with Crippen LogP contribution in [0.2, 0.25) is 0 Å². The van der Waals surface area contributed by atoms with Gasteiger partial charge >= 0.3 is 0 Å². The van der Waals surface area contributed by atoms with Crippen molar-refractivity contribution in [2.75, 3.05) is 13.1 Å². The number of carbonyl (C=O) groups is 1. The first-order chi connectivity index (χ1) is 10.8. The van der Waals surface area contributed by atoms with Gasteiger partial charge in [0, 0.05) is 36.6 Å². The molecule has 1 N–H and O–H groups in total. The molecule has 1 unspecified atom stereocenters. The molecule has 1 aromatic carbocycles. The molecule has 1 fully saturated rings. The quantitative estimate of drug-likeness (QED) is 0.861. The Bertz CT molecular complexity index is 728. The number of aromatic nitrogens is 1. The molecule has 2 heterocycles. The van der Waals surface area contributed by atoms with E-state index in [1.165, 1.54) is 41.3 Å². The largest absolute Gasteiger partial charge is 0.361 e. The van der Waals surface area contributed by atoms with Crippen molar-refractivity contribution in [1.82, 2.24) is 9.88 Å². The van der Waals surface area contributed by atoms with Crippen molar-refractivity contribution < 1.29 is 4.79 Å². The Labute approximate surface area is 131 Å². The number of para-hydroxylation sites is 1. The van der Waals surface area contributed by atoms with Gasteiger partial charge in [-0.3, -0.25) is 4.79 Å². The molecule has 2 aromatic rings. The molecule has 1 atom stereocenters. The zero-order chi connectivity index (χ0) is 14.9. The molecular formula is C19H22N2O. The number of allylic oxidation sites excluding steroid dienone is 1. The van der Waals surface area contributed by atoms with Crippen molar-refractivity contribution in [2.45, 2.75) is 32.1 Å². The first kappa shape index (κ1) is 13.6. The van der Waals surface area contributed by atoms with Gasteiger partial charge in [0.05, 0.1) is 0 Å². The Morgan fingerprint density at radius 2 is 2.18 bits per heavy atom. The summed E-state index contributed by atoms with van der Waals surface area (Å²) in [6.07, 6.45) is 9.75. The van der Waals surface area contributed by atoms with Gasteiger partial charge in [-0.25, -0.2) is 0 Å². The molecule has 0 radical (unpaired) electrons. The fourth-order valence-corrected chi connectivity index (χ4v) is 3.88. The number of benzene rings is 1. The maximum atomic E-state index is 12.4. The third-order valence-corrected chi connectivity index (χ3v) is 5.16. The summed E-state index contributed by atoms with van der Waals surface area (Å²) in [7, 11) is 0. The molecular weight excluding hydrogens is 272 g/mol. The van der Waals surface area contributed by atoms with E-state index in [4.69, 9.17) is 0 Å². The third-order valence-electron chi connectivity index (χ3n) is 5.16. The average Bonchev–Trinajstić information content (AvgIpc) is 2.96. The molecule has 22 heavy (non-hydrogen) atoms. The number of aromatic amines is 1. The number of fused-ring (bicyclic) bond motifs is 2. The lowest BCUT2D eigenvalue weighted by Gasteiger charge is -2.36. The Morgan fingerprint density at radius 1 is 1.27 bits per heavy atom. The molecule has 3 heteroatoms. The van der Waals surface area contributed by atoms with Crippen molar-refractivity contribution in [3.8, 4) is 0 Å². The fraction of sp³-hybridized carbons (Fsp3) is 0.421. The second-order valence-corrected chi connectivity index (χ2v) is 6.54. The minimum Gasteiger partial charge on any atom is -0.361 e. The molecule has 1 saturated heterocycles. The van der Waals surface area contributed by atoms with Crippen molar-refractivity contribution >= 4 is 16.8 Å². The fourth-order valence-electron chi connectivity index (χ4n) is 3.88. The van der Waals surface area contributed by atoms with E-state index in [1.54, 1.807) is 0 Å². The molecule has 4 rings (SSSR count). The number of nitrogens with one attached hydrogen (secondary N) is 1. The van der Waals surface area contributed by atoms with Crippen LogP contribution >= 0.6 is 0 Å². The van der Waals surface area contributed by atoms with Crippen LogP contribution in [0.3, 0.4) is 0 Å². The summed E-state index contributed by atoms with van der Waals surface area (Å²) in [6.45, 7) is 1.68. The summed E-state index contributed by atoms with van der Waals surface area (Å²) in [5.74, 6) is 0.870. The zero-order valence-corrected chi connectivity index (χ0v) is 12.8. The molecule has 0 bridgehead atoms. The highest BCUT2D eigenvalue weighted by molar-refractivity contribution is 5.83. The second-order valence-electron chi connectivity index (χ2n) is 6.54. The number of H-pyrrole nitrogens is 1. The van der Waals surface area contributed by atoms with E-state index in [1.807, 2.05) is 6.07 Å². The number of rotatable bonds is 3. The van der Waals surface area contributed by atoms with Gasteiger partial charge in [0.1, 0.15) is 0 Å². The van der Waals surface area contributed by atoms with Gasteiger partial charge in [-0.1, -0.05) is 29.8 Å². The first-order valence-corrected chi connectivity index (χ1v) is 8.33. The van der Waals surface area contributed by atoms with E-state index >= 15 is 0 Å². The van der Waals surface area contributed by atoms with Crippen molar-refractivity contribution in [3.63, 3.8) is 0 Å². The lowest BCUT2D eigenvalue weighted by molar-refractivity contribution is -0.133. The van der Waals surface area contributed by atoms with Crippen LogP contribution in [0.4, 0.5) is 0 Å². The summed E-state index contributed by atoms with van der Waals surface area (Å²) in [5, 5.41) is 1.28. The monoisotopic (exact) mass is 294 g/mol. The number of hydrogen-bond acceptors (Lipinski definition) is 1. The van der Waals surface area contributed by atoms with E-state index in [-0.39, 0.29) is 0 Å². The van der Waals surface area contributed by atoms with Gasteiger partial charge < -0.3 is 9.88 Å². The third kappa shape index (κ3) is 2.45. The number of amides is 1. The van der Waals surface area contributed by atoms with E-state index in [0.29, 0.717) is 11.8 Å². The maximum Gasteiger partial charge on any atom is 0.223 e. The molecule has 114 valence electrons. The van der Waals surface area contributed by atoms with Gasteiger partial charge in [-0.05, 0) is 43.2 Å². The molecule has 1 aliphatic heterocycles. The van der Waals surface area contributed by atoms with Crippen molar-refractivity contribution in [3.05, 3.63) is 47.7 Å². The topological polar surface area (TPSA) is 36.1 Å². The molecule has 0 saturated carbocycles. The van der Waals surface area contributed by atoms with Gasteiger partial charge in [0.2, 0.25) is 5.91 Å². The van der Waals surface area contributed by atoms with Crippen LogP contribution in [0.25, 0.3) is 10.9 Å². The molecule has 1 amide bonds. The number of nitrogens with zero attached hydrogens (tertiary/aromatic N) is 1. The summed E-state index contributed by atoms with van der Waals surface area (Å²) in [4.78, 5) is 17.7. The molecule has 1 aliphatic carbocycles. The standard InChI is InChI=1S/C19H22N2O/c22-19-11-14-5-1-2-6-16(14)13-21(19)10-9-15-12-20-18-8-4-3-7-17(15)18/h3-4,6-8,12,14,20H,1-2,5,9-11,13H2. The van der Waals surface area contributed by atoms with Crippen LogP contribution in [0, 0.1) is 5.92 Å². The molecule has 3 nitrogen and oxygen atoms in total. The Kier molecular flexibility index (Phi) is 3.49. The highest BCUT2D eigenvalue weighted by Crippen LogP contribution is 2.32. The van der Waals surface area contributed by atoms with Crippen LogP contribution in [0.5, 0.6) is 0 Å². The van der Waals surface area contributed by atoms with Crippen LogP contribution in [-0.4, -0.2) is 28.9 Å². The van der Waals surface area contributed by atoms with Gasteiger partial charge in [-0.2, -0.15) is 0 Å². The molecule has 0 spiro atoms. The normalized spacial score (nSPS) is 21.8. The highest BCUT2D eigenvalue weighted by Gasteiger charge is 2.30. The Balaban J connectivity index is 1.47. The van der Waals surface area contributed by atoms with Crippen molar-refractivity contribution in [2.24, 2.45) is 5.92 Å². The predicted molar refractivity (Wildman–Crippen MR) is 88.6 cm³/mol. The lowest BCUT2D eigenvalue weighted by Crippen LogP contribution is -2.42. The van der Waals surface area contributed by atoms with E-state index in [9.17, 15) is 4.79 Å². The van der Waals surface area contributed by atoms with Gasteiger partial charge in [0.25, 0.3) is 0 Å². The predicted octanol–water partition coefficient (Wildman–Crippen LogP) is 3.67. The maximum absolute atomic E-state index is 12.4. The number of hydrogen-bond donors (Lipinski definition) is 1. The van der Waals surface area contributed by atoms with Crippen molar-refractivity contribution in [1.29, 1.82) is 0 Å². The van der Waals surface area contributed by atoms with Gasteiger partial charge in [-0.15, -0.1) is 0 Å². The SMILES string of the molecule is O=C1CC2CCCC=C2CN1CCc1c[nH]c2ccccc12. The van der Waals surface area contributed by atoms with Crippen LogP contribution in [-0.2, 0) is 11.2 Å². The summed E-state index contributed by atoms with van der Waals surface area (Å²) < 4.78 is 0. The lowest BCUT2D eigenvalue weighted by atomic mass is 9.82. The van der Waals surface area contributed by atoms with E-state index in [2.05, 4.69) is 40.4 Å². The number of carbonyl (C=O) groups excluding carboxylic acids is 1. The summed E-state index contributed by atoms with van der Waals surface area (Å²) in [6, 6.07) is 8.37. The van der Waals surface area contributed by atoms with E-state index < -0.39 is 0 Å². The highest BCUT2D eigenvalue weighted by atomic mass is 16.2. The minimum absolute atomic E-state index is 0.337. The minimum atomic E-state index is 0.337. The van der Waals surface area contributed by atoms with E-state index in [0.717, 1.165) is 25.9 Å². The smallest absolute Gasteiger partial charge is 0.223 e. The van der Waals surface area contributed by atoms with Gasteiger partial charge in [0.15, 0.2) is 0 Å².